The number of hydrogen-bond acceptors (Lipinski definition) is 8. The van der Waals surface area contributed by atoms with Crippen molar-refractivity contribution in [1.82, 2.24) is 15.0 Å². The van der Waals surface area contributed by atoms with Gasteiger partial charge in [0.15, 0.2) is 0 Å². The van der Waals surface area contributed by atoms with E-state index >= 15 is 0 Å². The number of aliphatic hydroxyl groups excluding tert-OH is 3. The molecule has 4 aliphatic carbocycles. The van der Waals surface area contributed by atoms with E-state index in [1.54, 1.807) is 16.8 Å². The Bertz CT molecular complexity index is 1180. The van der Waals surface area contributed by atoms with Crippen LogP contribution in [0.5, 0.6) is 0 Å². The molecular weight excluding hydrogens is 481 g/mol. The van der Waals surface area contributed by atoms with Gasteiger partial charge < -0.3 is 30.6 Å². The van der Waals surface area contributed by atoms with Gasteiger partial charge in [-0.05, 0) is 55.7 Å². The molecule has 6 N–H and O–H groups in total. The summed E-state index contributed by atoms with van der Waals surface area (Å²) in [6.07, 6.45) is -0.0976. The Kier molecular flexibility index (Phi) is 5.66. The average Bonchev–Trinajstić information content (AvgIpc) is 3.38. The first-order valence-corrected chi connectivity index (χ1v) is 13.3. The summed E-state index contributed by atoms with van der Waals surface area (Å²) in [5.74, 6) is -1.97. The van der Waals surface area contributed by atoms with Crippen LogP contribution in [0.25, 0.3) is 0 Å². The molecule has 37 heavy (non-hydrogen) atoms. The highest BCUT2D eigenvalue weighted by molar-refractivity contribution is 5.28. The minimum absolute atomic E-state index is 0.0774. The van der Waals surface area contributed by atoms with Crippen molar-refractivity contribution in [2.24, 2.45) is 17.3 Å². The Morgan fingerprint density at radius 1 is 1.03 bits per heavy atom. The van der Waals surface area contributed by atoms with Gasteiger partial charge in [0.2, 0.25) is 0 Å². The number of benzene rings is 1. The topological polar surface area (TPSA) is 152 Å². The van der Waals surface area contributed by atoms with Crippen LogP contribution in [0, 0.1) is 23.1 Å². The van der Waals surface area contributed by atoms with Crippen molar-refractivity contribution in [1.29, 1.82) is 0 Å². The summed E-state index contributed by atoms with van der Waals surface area (Å²) in [5.41, 5.74) is -4.20. The minimum atomic E-state index is -2.03. The minimum Gasteiger partial charge on any atom is -0.393 e. The third kappa shape index (κ3) is 3.43. The number of halogens is 1. The molecule has 2 aromatic rings. The fourth-order valence-electron chi connectivity index (χ4n) is 8.76. The third-order valence-electron chi connectivity index (χ3n) is 10.5. The Labute approximate surface area is 214 Å². The molecule has 4 saturated carbocycles. The second-order valence-electron chi connectivity index (χ2n) is 12.3. The molecule has 9 nitrogen and oxygen atoms in total. The maximum absolute atomic E-state index is 13.3. The second kappa shape index (κ2) is 8.27. The number of fused-ring (bicyclic) bond motifs is 5. The Hall–Kier alpha value is -1.95. The Morgan fingerprint density at radius 2 is 1.76 bits per heavy atom. The number of rotatable bonds is 3. The first-order valence-electron chi connectivity index (χ1n) is 13.3. The zero-order valence-electron chi connectivity index (χ0n) is 20.9. The summed E-state index contributed by atoms with van der Waals surface area (Å²) in [7, 11) is 0. The van der Waals surface area contributed by atoms with Crippen molar-refractivity contribution in [3.63, 3.8) is 0 Å². The molecule has 4 fully saturated rings. The molecule has 0 saturated heterocycles. The van der Waals surface area contributed by atoms with Crippen LogP contribution in [0.15, 0.2) is 30.5 Å². The molecule has 1 aromatic carbocycles. The predicted octanol–water partition coefficient (Wildman–Crippen LogP) is 0.849. The molecule has 4 aliphatic rings. The van der Waals surface area contributed by atoms with Crippen molar-refractivity contribution in [2.75, 3.05) is 0 Å². The second-order valence-corrected chi connectivity index (χ2v) is 12.3. The van der Waals surface area contributed by atoms with Gasteiger partial charge >= 0.3 is 0 Å². The quantitative estimate of drug-likeness (QED) is 0.351. The van der Waals surface area contributed by atoms with Gasteiger partial charge in [-0.15, -0.1) is 5.10 Å². The third-order valence-corrected chi connectivity index (χ3v) is 10.5. The fourth-order valence-corrected chi connectivity index (χ4v) is 8.76. The van der Waals surface area contributed by atoms with Crippen LogP contribution in [0.3, 0.4) is 0 Å². The van der Waals surface area contributed by atoms with E-state index in [1.165, 1.54) is 12.1 Å². The van der Waals surface area contributed by atoms with E-state index in [9.17, 15) is 35.0 Å². The average molecular weight is 518 g/mol. The first kappa shape index (κ1) is 25.3. The summed E-state index contributed by atoms with van der Waals surface area (Å²) in [6.45, 7) is 2.37. The van der Waals surface area contributed by atoms with Gasteiger partial charge in [0.25, 0.3) is 0 Å². The molecule has 0 amide bonds. The number of nitrogens with zero attached hydrogens (tertiary/aromatic N) is 3. The van der Waals surface area contributed by atoms with E-state index in [0.29, 0.717) is 31.5 Å². The number of hydrogen-bond donors (Lipinski definition) is 6. The monoisotopic (exact) mass is 517 g/mol. The summed E-state index contributed by atoms with van der Waals surface area (Å²) >= 11 is 0. The highest BCUT2D eigenvalue weighted by atomic mass is 19.1. The maximum atomic E-state index is 13.3. The normalized spacial score (nSPS) is 47.2. The van der Waals surface area contributed by atoms with Crippen LogP contribution >= 0.6 is 0 Å². The number of aliphatic hydroxyl groups is 6. The van der Waals surface area contributed by atoms with Gasteiger partial charge in [0.1, 0.15) is 11.4 Å². The van der Waals surface area contributed by atoms with Crippen LogP contribution in [0.1, 0.15) is 69.0 Å². The molecule has 1 heterocycles. The van der Waals surface area contributed by atoms with Crippen molar-refractivity contribution < 1.29 is 35.0 Å². The first-order chi connectivity index (χ1) is 17.4. The van der Waals surface area contributed by atoms with Gasteiger partial charge in [0.05, 0.1) is 41.8 Å². The highest BCUT2D eigenvalue weighted by Crippen LogP contribution is 2.69. The van der Waals surface area contributed by atoms with Crippen LogP contribution in [0.2, 0.25) is 0 Å². The molecule has 10 atom stereocenters. The summed E-state index contributed by atoms with van der Waals surface area (Å²) in [6, 6.07) is 6.18. The van der Waals surface area contributed by atoms with Crippen molar-refractivity contribution >= 4 is 0 Å². The Balaban J connectivity index is 1.30. The lowest BCUT2D eigenvalue weighted by molar-refractivity contribution is -0.333. The molecule has 0 radical (unpaired) electrons. The molecule has 0 bridgehead atoms. The van der Waals surface area contributed by atoms with E-state index in [4.69, 9.17) is 0 Å². The van der Waals surface area contributed by atoms with E-state index in [2.05, 4.69) is 10.3 Å². The smallest absolute Gasteiger partial charge is 0.125 e. The Morgan fingerprint density at radius 3 is 2.49 bits per heavy atom. The van der Waals surface area contributed by atoms with Crippen LogP contribution in [-0.4, -0.2) is 80.7 Å². The van der Waals surface area contributed by atoms with Gasteiger partial charge in [-0.2, -0.15) is 0 Å². The van der Waals surface area contributed by atoms with E-state index in [1.807, 2.05) is 13.1 Å². The van der Waals surface area contributed by atoms with Gasteiger partial charge in [-0.3, -0.25) is 0 Å². The molecule has 1 aromatic heterocycles. The van der Waals surface area contributed by atoms with E-state index in [-0.39, 0.29) is 37.4 Å². The van der Waals surface area contributed by atoms with Gasteiger partial charge in [-0.1, -0.05) is 24.3 Å². The molecule has 0 aliphatic heterocycles. The van der Waals surface area contributed by atoms with Crippen molar-refractivity contribution in [3.8, 4) is 0 Å². The highest BCUT2D eigenvalue weighted by Gasteiger charge is 2.75. The van der Waals surface area contributed by atoms with E-state index < -0.39 is 52.4 Å². The zero-order valence-corrected chi connectivity index (χ0v) is 20.9. The van der Waals surface area contributed by atoms with Crippen LogP contribution < -0.4 is 0 Å². The molecule has 202 valence electrons. The van der Waals surface area contributed by atoms with Gasteiger partial charge in [-0.25, -0.2) is 9.07 Å². The largest absolute Gasteiger partial charge is 0.393 e. The van der Waals surface area contributed by atoms with Crippen LogP contribution in [-0.2, 0) is 6.54 Å². The standard InChI is InChI=1S/C27H36FN3O6/c1-24-12-21(33)23-19(6-8-25(35)11-17(32)10-22(34)27(23,25)37)26(24,36)9-7-18(24)20-14-31(30-29-20)13-15-2-4-16(28)5-3-15/h2-5,14,17-19,21-23,32-37H,6-13H2,1H3/t17-,18?,19?,21+,22+,23?,24+,25-,26-,27?/m0/s1. The zero-order chi connectivity index (χ0) is 26.4. The van der Waals surface area contributed by atoms with Crippen LogP contribution in [0.4, 0.5) is 4.39 Å². The summed E-state index contributed by atoms with van der Waals surface area (Å²) in [5, 5.41) is 76.8. The molecule has 6 rings (SSSR count). The van der Waals surface area contributed by atoms with E-state index in [0.717, 1.165) is 5.56 Å². The van der Waals surface area contributed by atoms with Gasteiger partial charge in [0, 0.05) is 36.3 Å². The van der Waals surface area contributed by atoms with Crippen molar-refractivity contribution in [3.05, 3.63) is 47.5 Å². The molecule has 10 heteroatoms. The lowest BCUT2D eigenvalue weighted by atomic mass is 9.44. The lowest BCUT2D eigenvalue weighted by Gasteiger charge is -2.66. The SMILES string of the molecule is C[C@]12C[C@@H](O)C3C(CC[C@]4(O)C[C@@H](O)C[C@@H](O)C34O)[C@@]1(O)CCC2c1cn(Cc2ccc(F)cc2)nn1. The molecule has 0 spiro atoms. The maximum Gasteiger partial charge on any atom is 0.125 e. The lowest BCUT2D eigenvalue weighted by Crippen LogP contribution is -2.78. The summed E-state index contributed by atoms with van der Waals surface area (Å²) < 4.78 is 14.9. The van der Waals surface area contributed by atoms with Crippen molar-refractivity contribution in [2.45, 2.75) is 99.4 Å². The predicted molar refractivity (Wildman–Crippen MR) is 129 cm³/mol. The molecular formula is C27H36FN3O6. The number of aromatic nitrogens is 3. The summed E-state index contributed by atoms with van der Waals surface area (Å²) in [4.78, 5) is 0. The fraction of sp³-hybridized carbons (Fsp3) is 0.704. The molecule has 4 unspecified atom stereocenters.